The SMILES string of the molecule is CNC(=O)CN(CCCN)C1CCCC1. The molecular formula is C11H23N3O. The van der Waals surface area contributed by atoms with Gasteiger partial charge in [0.2, 0.25) is 5.91 Å². The van der Waals surface area contributed by atoms with E-state index in [-0.39, 0.29) is 5.91 Å². The summed E-state index contributed by atoms with van der Waals surface area (Å²) in [5.41, 5.74) is 5.51. The van der Waals surface area contributed by atoms with Crippen LogP contribution in [0.5, 0.6) is 0 Å². The van der Waals surface area contributed by atoms with E-state index in [1.54, 1.807) is 7.05 Å². The van der Waals surface area contributed by atoms with E-state index >= 15 is 0 Å². The van der Waals surface area contributed by atoms with Crippen LogP contribution in [0.2, 0.25) is 0 Å². The Morgan fingerprint density at radius 1 is 1.47 bits per heavy atom. The number of nitrogens with two attached hydrogens (primary N) is 1. The third kappa shape index (κ3) is 4.18. The first-order valence-electron chi connectivity index (χ1n) is 5.92. The molecule has 0 saturated heterocycles. The van der Waals surface area contributed by atoms with Gasteiger partial charge in [-0.1, -0.05) is 12.8 Å². The van der Waals surface area contributed by atoms with Crippen LogP contribution in [0.3, 0.4) is 0 Å². The molecule has 0 heterocycles. The van der Waals surface area contributed by atoms with Crippen molar-refractivity contribution >= 4 is 5.91 Å². The molecule has 0 radical (unpaired) electrons. The van der Waals surface area contributed by atoms with Gasteiger partial charge in [0.15, 0.2) is 0 Å². The lowest BCUT2D eigenvalue weighted by Gasteiger charge is -2.27. The van der Waals surface area contributed by atoms with E-state index in [9.17, 15) is 4.79 Å². The van der Waals surface area contributed by atoms with E-state index in [0.717, 1.165) is 13.0 Å². The zero-order valence-electron chi connectivity index (χ0n) is 9.67. The molecule has 3 N–H and O–H groups in total. The summed E-state index contributed by atoms with van der Waals surface area (Å²) in [6.07, 6.45) is 6.06. The highest BCUT2D eigenvalue weighted by atomic mass is 16.1. The molecule has 0 unspecified atom stereocenters. The van der Waals surface area contributed by atoms with Crippen molar-refractivity contribution < 1.29 is 4.79 Å². The van der Waals surface area contributed by atoms with Gasteiger partial charge < -0.3 is 11.1 Å². The van der Waals surface area contributed by atoms with Crippen LogP contribution in [0.1, 0.15) is 32.1 Å². The second-order valence-corrected chi connectivity index (χ2v) is 4.22. The summed E-state index contributed by atoms with van der Waals surface area (Å²) in [6.45, 7) is 2.19. The van der Waals surface area contributed by atoms with Crippen LogP contribution in [0, 0.1) is 0 Å². The molecule has 1 fully saturated rings. The van der Waals surface area contributed by atoms with E-state index in [0.29, 0.717) is 19.1 Å². The molecule has 15 heavy (non-hydrogen) atoms. The maximum Gasteiger partial charge on any atom is 0.233 e. The molecule has 1 saturated carbocycles. The number of hydrogen-bond acceptors (Lipinski definition) is 3. The molecule has 1 amide bonds. The largest absolute Gasteiger partial charge is 0.358 e. The zero-order chi connectivity index (χ0) is 11.1. The lowest BCUT2D eigenvalue weighted by molar-refractivity contribution is -0.122. The quantitative estimate of drug-likeness (QED) is 0.668. The Labute approximate surface area is 92.2 Å². The minimum Gasteiger partial charge on any atom is -0.358 e. The Hall–Kier alpha value is -0.610. The number of amides is 1. The first-order chi connectivity index (χ1) is 7.27. The Morgan fingerprint density at radius 2 is 2.13 bits per heavy atom. The number of carbonyl (C=O) groups is 1. The fourth-order valence-electron chi connectivity index (χ4n) is 2.22. The fourth-order valence-corrected chi connectivity index (χ4v) is 2.22. The molecule has 0 aromatic heterocycles. The maximum atomic E-state index is 11.4. The molecule has 4 heteroatoms. The minimum absolute atomic E-state index is 0.110. The van der Waals surface area contributed by atoms with E-state index in [1.807, 2.05) is 0 Å². The molecule has 1 rings (SSSR count). The second kappa shape index (κ2) is 6.80. The third-order valence-electron chi connectivity index (χ3n) is 3.12. The van der Waals surface area contributed by atoms with Crippen molar-refractivity contribution in [3.05, 3.63) is 0 Å². The van der Waals surface area contributed by atoms with Crippen molar-refractivity contribution in [3.63, 3.8) is 0 Å². The van der Waals surface area contributed by atoms with E-state index in [4.69, 9.17) is 5.73 Å². The zero-order valence-corrected chi connectivity index (χ0v) is 9.67. The van der Waals surface area contributed by atoms with Gasteiger partial charge >= 0.3 is 0 Å². The highest BCUT2D eigenvalue weighted by Gasteiger charge is 2.23. The Bertz CT molecular complexity index is 190. The van der Waals surface area contributed by atoms with Crippen LogP contribution in [-0.2, 0) is 4.79 Å². The summed E-state index contributed by atoms with van der Waals surface area (Å²) in [7, 11) is 1.69. The van der Waals surface area contributed by atoms with Crippen LogP contribution in [0.25, 0.3) is 0 Å². The average molecular weight is 213 g/mol. The van der Waals surface area contributed by atoms with Gasteiger partial charge in [-0.15, -0.1) is 0 Å². The van der Waals surface area contributed by atoms with Crippen molar-refractivity contribution in [1.29, 1.82) is 0 Å². The lowest BCUT2D eigenvalue weighted by atomic mass is 10.2. The van der Waals surface area contributed by atoms with Crippen molar-refractivity contribution in [2.75, 3.05) is 26.7 Å². The number of carbonyl (C=O) groups excluding carboxylic acids is 1. The van der Waals surface area contributed by atoms with Crippen LogP contribution in [-0.4, -0.2) is 43.5 Å². The topological polar surface area (TPSA) is 58.4 Å². The highest BCUT2D eigenvalue weighted by molar-refractivity contribution is 5.77. The van der Waals surface area contributed by atoms with Gasteiger partial charge in [-0.2, -0.15) is 0 Å². The summed E-state index contributed by atoms with van der Waals surface area (Å²) < 4.78 is 0. The van der Waals surface area contributed by atoms with Crippen molar-refractivity contribution in [2.45, 2.75) is 38.1 Å². The molecular weight excluding hydrogens is 190 g/mol. The molecule has 0 aromatic carbocycles. The smallest absolute Gasteiger partial charge is 0.233 e. The van der Waals surface area contributed by atoms with Gasteiger partial charge in [0.05, 0.1) is 6.54 Å². The predicted octanol–water partition coefficient (Wildman–Crippen LogP) is 0.326. The summed E-state index contributed by atoms with van der Waals surface area (Å²) >= 11 is 0. The molecule has 0 aliphatic heterocycles. The van der Waals surface area contributed by atoms with Gasteiger partial charge in [0.25, 0.3) is 0 Å². The van der Waals surface area contributed by atoms with Crippen LogP contribution in [0.15, 0.2) is 0 Å². The first-order valence-corrected chi connectivity index (χ1v) is 5.92. The Balaban J connectivity index is 2.40. The van der Waals surface area contributed by atoms with E-state index in [1.165, 1.54) is 25.7 Å². The fraction of sp³-hybridized carbons (Fsp3) is 0.909. The maximum absolute atomic E-state index is 11.4. The van der Waals surface area contributed by atoms with Crippen LogP contribution in [0.4, 0.5) is 0 Å². The van der Waals surface area contributed by atoms with Gasteiger partial charge in [0, 0.05) is 19.6 Å². The molecule has 0 bridgehead atoms. The summed E-state index contributed by atoms with van der Waals surface area (Å²) in [5.74, 6) is 0.110. The number of rotatable bonds is 6. The first kappa shape index (κ1) is 12.5. The third-order valence-corrected chi connectivity index (χ3v) is 3.12. The molecule has 0 atom stereocenters. The molecule has 0 aromatic rings. The van der Waals surface area contributed by atoms with Crippen LogP contribution >= 0.6 is 0 Å². The van der Waals surface area contributed by atoms with E-state index in [2.05, 4.69) is 10.2 Å². The van der Waals surface area contributed by atoms with Gasteiger partial charge in [0.1, 0.15) is 0 Å². The molecule has 1 aliphatic carbocycles. The molecule has 1 aliphatic rings. The molecule has 88 valence electrons. The predicted molar refractivity (Wildman–Crippen MR) is 61.6 cm³/mol. The summed E-state index contributed by atoms with van der Waals surface area (Å²) in [6, 6.07) is 0.605. The molecule has 0 spiro atoms. The number of likely N-dealkylation sites (N-methyl/N-ethyl adjacent to an activating group) is 1. The normalized spacial score (nSPS) is 17.3. The van der Waals surface area contributed by atoms with Gasteiger partial charge in [-0.05, 0) is 25.8 Å². The monoisotopic (exact) mass is 213 g/mol. The van der Waals surface area contributed by atoms with Crippen molar-refractivity contribution in [3.8, 4) is 0 Å². The number of nitrogens with zero attached hydrogens (tertiary/aromatic N) is 1. The Kier molecular flexibility index (Phi) is 5.65. The number of hydrogen-bond donors (Lipinski definition) is 2. The summed E-state index contributed by atoms with van der Waals surface area (Å²) in [4.78, 5) is 13.6. The van der Waals surface area contributed by atoms with Crippen molar-refractivity contribution in [1.82, 2.24) is 10.2 Å². The lowest BCUT2D eigenvalue weighted by Crippen LogP contribution is -2.42. The Morgan fingerprint density at radius 3 is 2.67 bits per heavy atom. The average Bonchev–Trinajstić information content (AvgIpc) is 2.77. The highest BCUT2D eigenvalue weighted by Crippen LogP contribution is 2.23. The minimum atomic E-state index is 0.110. The molecule has 4 nitrogen and oxygen atoms in total. The standard InChI is InChI=1S/C11H23N3O/c1-13-11(15)9-14(8-4-7-12)10-5-2-3-6-10/h10H,2-9,12H2,1H3,(H,13,15). The second-order valence-electron chi connectivity index (χ2n) is 4.22. The number of nitrogens with one attached hydrogen (secondary N) is 1. The van der Waals surface area contributed by atoms with Crippen LogP contribution < -0.4 is 11.1 Å². The van der Waals surface area contributed by atoms with Gasteiger partial charge in [-0.25, -0.2) is 0 Å². The summed E-state index contributed by atoms with van der Waals surface area (Å²) in [5, 5.41) is 2.68. The van der Waals surface area contributed by atoms with Crippen molar-refractivity contribution in [2.24, 2.45) is 5.73 Å². The van der Waals surface area contributed by atoms with Gasteiger partial charge in [-0.3, -0.25) is 9.69 Å². The van der Waals surface area contributed by atoms with E-state index < -0.39 is 0 Å².